The van der Waals surface area contributed by atoms with Crippen molar-refractivity contribution >= 4 is 34.2 Å². The fourth-order valence-corrected chi connectivity index (χ4v) is 4.30. The molecule has 0 atom stereocenters. The third kappa shape index (κ3) is 6.86. The summed E-state index contributed by atoms with van der Waals surface area (Å²) in [4.78, 5) is 27.8. The first-order valence-electron chi connectivity index (χ1n) is 12.1. The van der Waals surface area contributed by atoms with Crippen LogP contribution in [0.5, 0.6) is 5.75 Å². The van der Waals surface area contributed by atoms with Crippen molar-refractivity contribution in [3.63, 3.8) is 0 Å². The van der Waals surface area contributed by atoms with Gasteiger partial charge in [0.1, 0.15) is 23.5 Å². The van der Waals surface area contributed by atoms with E-state index in [1.165, 1.54) is 25.6 Å². The first-order chi connectivity index (χ1) is 17.0. The van der Waals surface area contributed by atoms with Crippen molar-refractivity contribution in [1.29, 1.82) is 0 Å². The number of anilines is 3. The number of hydrogen-bond acceptors (Lipinski definition) is 8. The van der Waals surface area contributed by atoms with Gasteiger partial charge in [0.2, 0.25) is 0 Å². The number of unbranched alkanes of at least 4 members (excludes halogenated alkanes) is 2. The molecule has 0 saturated carbocycles. The van der Waals surface area contributed by atoms with E-state index in [4.69, 9.17) is 14.6 Å². The Kier molecular flexibility index (Phi) is 9.89. The molecule has 3 aromatic rings. The fourth-order valence-electron chi connectivity index (χ4n) is 4.30. The number of morpholine rings is 1. The minimum Gasteiger partial charge on any atom is -0.480 e. The molecule has 0 spiro atoms. The minimum atomic E-state index is -1.02. The molecule has 3 heterocycles. The van der Waals surface area contributed by atoms with E-state index in [0.717, 1.165) is 54.2 Å². The Morgan fingerprint density at radius 3 is 2.83 bits per heavy atom. The van der Waals surface area contributed by atoms with Crippen molar-refractivity contribution < 1.29 is 19.4 Å². The van der Waals surface area contributed by atoms with Gasteiger partial charge in [0, 0.05) is 37.6 Å². The van der Waals surface area contributed by atoms with E-state index in [9.17, 15) is 4.79 Å². The molecule has 0 aliphatic carbocycles. The second kappa shape index (κ2) is 13.1. The Bertz CT molecular complexity index is 1130. The third-order valence-electron chi connectivity index (χ3n) is 6.06. The zero-order chi connectivity index (χ0) is 24.6. The minimum absolute atomic E-state index is 0. The van der Waals surface area contributed by atoms with Crippen LogP contribution in [-0.4, -0.2) is 77.4 Å². The van der Waals surface area contributed by atoms with Crippen LogP contribution in [0.25, 0.3) is 11.0 Å². The van der Waals surface area contributed by atoms with Crippen LogP contribution >= 0.6 is 0 Å². The molecule has 1 aromatic carbocycles. The number of carbonyl (C=O) groups is 1. The predicted molar refractivity (Wildman–Crippen MR) is 142 cm³/mol. The van der Waals surface area contributed by atoms with Crippen molar-refractivity contribution in [2.45, 2.75) is 40.2 Å². The van der Waals surface area contributed by atoms with E-state index in [1.807, 2.05) is 24.4 Å². The number of ether oxygens (including phenoxy) is 2. The molecule has 1 aliphatic heterocycles. The Balaban J connectivity index is 0.00000361. The van der Waals surface area contributed by atoms with Gasteiger partial charge in [0.25, 0.3) is 0 Å². The van der Waals surface area contributed by atoms with Crippen LogP contribution in [0.15, 0.2) is 30.7 Å². The maximum absolute atomic E-state index is 11.2. The highest BCUT2D eigenvalue weighted by molar-refractivity contribution is 5.92. The number of nitrogens with one attached hydrogen (secondary N) is 2. The number of aromatic nitrogens is 3. The molecule has 4 rings (SSSR count). The zero-order valence-electron chi connectivity index (χ0n) is 20.4. The van der Waals surface area contributed by atoms with Gasteiger partial charge < -0.3 is 34.7 Å². The van der Waals surface area contributed by atoms with Gasteiger partial charge in [-0.1, -0.05) is 27.2 Å². The topological polar surface area (TPSA) is 116 Å². The van der Waals surface area contributed by atoms with Crippen LogP contribution in [0.4, 0.5) is 17.2 Å². The summed E-state index contributed by atoms with van der Waals surface area (Å²) in [6.07, 6.45) is 7.11. The summed E-state index contributed by atoms with van der Waals surface area (Å²) in [7, 11) is 2.13. The van der Waals surface area contributed by atoms with Crippen molar-refractivity contribution in [3.05, 3.63) is 36.3 Å². The van der Waals surface area contributed by atoms with E-state index in [-0.39, 0.29) is 7.43 Å². The lowest BCUT2D eigenvalue weighted by Crippen LogP contribution is -2.36. The average Bonchev–Trinajstić information content (AvgIpc) is 3.27. The SMILES string of the molecule is C.CCCCCN(C)Cc1c[nH]c2ncnc(Nc3ccc(N4CCOCC4)c(OCC(=O)O)c3)c12. The highest BCUT2D eigenvalue weighted by atomic mass is 16.5. The van der Waals surface area contributed by atoms with Gasteiger partial charge in [0.15, 0.2) is 6.61 Å². The molecule has 196 valence electrons. The molecule has 10 nitrogen and oxygen atoms in total. The van der Waals surface area contributed by atoms with Gasteiger partial charge in [-0.15, -0.1) is 0 Å². The average molecular weight is 499 g/mol. The number of aliphatic carboxylic acids is 1. The molecule has 3 N–H and O–H groups in total. The van der Waals surface area contributed by atoms with Crippen LogP contribution in [0, 0.1) is 0 Å². The summed E-state index contributed by atoms with van der Waals surface area (Å²) in [5, 5.41) is 13.5. The zero-order valence-corrected chi connectivity index (χ0v) is 20.4. The predicted octanol–water partition coefficient (Wildman–Crippen LogP) is 4.26. The van der Waals surface area contributed by atoms with Gasteiger partial charge in [-0.25, -0.2) is 14.8 Å². The molecule has 10 heteroatoms. The van der Waals surface area contributed by atoms with Crippen LogP contribution in [0.2, 0.25) is 0 Å². The monoisotopic (exact) mass is 498 g/mol. The largest absolute Gasteiger partial charge is 0.480 e. The summed E-state index contributed by atoms with van der Waals surface area (Å²) in [6, 6.07) is 5.73. The van der Waals surface area contributed by atoms with Crippen molar-refractivity contribution in [2.75, 3.05) is 56.7 Å². The second-order valence-corrected chi connectivity index (χ2v) is 8.79. The number of carboxylic acids is 1. The number of carboxylic acid groups (broad SMARTS) is 1. The number of hydrogen-bond donors (Lipinski definition) is 3. The van der Waals surface area contributed by atoms with Crippen molar-refractivity contribution in [1.82, 2.24) is 19.9 Å². The highest BCUT2D eigenvalue weighted by Crippen LogP contribution is 2.34. The maximum atomic E-state index is 11.2. The van der Waals surface area contributed by atoms with E-state index < -0.39 is 12.6 Å². The number of rotatable bonds is 12. The third-order valence-corrected chi connectivity index (χ3v) is 6.06. The molecule has 0 amide bonds. The van der Waals surface area contributed by atoms with Gasteiger partial charge >= 0.3 is 5.97 Å². The van der Waals surface area contributed by atoms with Gasteiger partial charge in [-0.2, -0.15) is 0 Å². The Hall–Kier alpha value is -3.37. The summed E-state index contributed by atoms with van der Waals surface area (Å²) in [6.45, 7) is 6.31. The lowest BCUT2D eigenvalue weighted by molar-refractivity contribution is -0.139. The van der Waals surface area contributed by atoms with Gasteiger partial charge in [-0.05, 0) is 37.7 Å². The molecule has 1 fully saturated rings. The summed E-state index contributed by atoms with van der Waals surface area (Å²) in [5.74, 6) is 0.180. The highest BCUT2D eigenvalue weighted by Gasteiger charge is 2.18. The van der Waals surface area contributed by atoms with Gasteiger partial charge in [0.05, 0.1) is 24.3 Å². The van der Waals surface area contributed by atoms with E-state index in [2.05, 4.69) is 44.0 Å². The van der Waals surface area contributed by atoms with Gasteiger partial charge in [-0.3, -0.25) is 0 Å². The molecule has 0 bridgehead atoms. The van der Waals surface area contributed by atoms with E-state index >= 15 is 0 Å². The number of aromatic amines is 1. The maximum Gasteiger partial charge on any atom is 0.341 e. The summed E-state index contributed by atoms with van der Waals surface area (Å²) >= 11 is 0. The second-order valence-electron chi connectivity index (χ2n) is 8.79. The quantitative estimate of drug-likeness (QED) is 0.315. The molecule has 36 heavy (non-hydrogen) atoms. The fraction of sp³-hybridized carbons (Fsp3) is 0.500. The van der Waals surface area contributed by atoms with Crippen LogP contribution in [0.1, 0.15) is 39.2 Å². The van der Waals surface area contributed by atoms with Crippen LogP contribution in [0.3, 0.4) is 0 Å². The normalized spacial score (nSPS) is 13.6. The number of nitrogens with zero attached hydrogens (tertiary/aromatic N) is 4. The summed E-state index contributed by atoms with van der Waals surface area (Å²) in [5.41, 5.74) is 3.50. The number of H-pyrrole nitrogens is 1. The van der Waals surface area contributed by atoms with Crippen LogP contribution < -0.4 is 15.0 Å². The van der Waals surface area contributed by atoms with E-state index in [1.54, 1.807) is 0 Å². The standard InChI is InChI=1S/C25H34N6O4.CH4/c1-3-4-5-8-30(2)15-18-14-26-24-23(18)25(28-17-27-24)29-19-6-7-20(31-9-11-34-12-10-31)21(13-19)35-16-22(32)33;/h6-7,13-14,17H,3-5,8-12,15-16H2,1-2H3,(H,32,33)(H2,26,27,28,29);1H4. The first kappa shape index (κ1) is 27.2. The van der Waals surface area contributed by atoms with E-state index in [0.29, 0.717) is 24.8 Å². The Morgan fingerprint density at radius 1 is 1.28 bits per heavy atom. The lowest BCUT2D eigenvalue weighted by atomic mass is 10.2. The first-order valence-corrected chi connectivity index (χ1v) is 12.1. The summed E-state index contributed by atoms with van der Waals surface area (Å²) < 4.78 is 11.1. The molecular formula is C26H38N6O4. The van der Waals surface area contributed by atoms with Crippen molar-refractivity contribution in [3.8, 4) is 5.75 Å². The number of fused-ring (bicyclic) bond motifs is 1. The molecule has 1 saturated heterocycles. The Morgan fingerprint density at radius 2 is 2.08 bits per heavy atom. The van der Waals surface area contributed by atoms with Crippen molar-refractivity contribution in [2.24, 2.45) is 0 Å². The molecular weight excluding hydrogens is 460 g/mol. The Labute approximate surface area is 212 Å². The molecule has 0 radical (unpaired) electrons. The molecule has 2 aromatic heterocycles. The molecule has 1 aliphatic rings. The lowest BCUT2D eigenvalue weighted by Gasteiger charge is -2.30. The number of benzene rings is 1. The smallest absolute Gasteiger partial charge is 0.341 e. The molecule has 0 unspecified atom stereocenters. The van der Waals surface area contributed by atoms with Crippen LogP contribution in [-0.2, 0) is 16.1 Å².